The van der Waals surface area contributed by atoms with Crippen LogP contribution < -0.4 is 5.32 Å². The number of rotatable bonds is 1. The first-order valence-corrected chi connectivity index (χ1v) is 6.22. The summed E-state index contributed by atoms with van der Waals surface area (Å²) in [5.41, 5.74) is 5.91. The number of nitrogens with zero attached hydrogens (tertiary/aromatic N) is 1. The zero-order valence-electron chi connectivity index (χ0n) is 9.90. The number of aromatic amines is 1. The Morgan fingerprint density at radius 1 is 1.06 bits per heavy atom. The van der Waals surface area contributed by atoms with Crippen molar-refractivity contribution < 1.29 is 0 Å². The molecule has 0 amide bonds. The summed E-state index contributed by atoms with van der Waals surface area (Å²) in [5, 5.41) is 3.37. The molecule has 3 heteroatoms. The van der Waals surface area contributed by atoms with Gasteiger partial charge in [-0.3, -0.25) is 0 Å². The molecule has 0 atom stereocenters. The zero-order chi connectivity index (χ0) is 11.9. The standard InChI is InChI=1S/C15H13N3/c1-2-4-14-13(3-1)17-15(18-14)11-5-6-12-10(9-11)7-8-16-12/h1-6,9,16H,7-8H2,(H,17,18). The van der Waals surface area contributed by atoms with Crippen LogP contribution in [0.4, 0.5) is 5.69 Å². The van der Waals surface area contributed by atoms with Crippen molar-refractivity contribution in [1.29, 1.82) is 0 Å². The van der Waals surface area contributed by atoms with Gasteiger partial charge in [0, 0.05) is 17.8 Å². The molecule has 88 valence electrons. The Morgan fingerprint density at radius 3 is 2.94 bits per heavy atom. The van der Waals surface area contributed by atoms with Gasteiger partial charge in [-0.15, -0.1) is 0 Å². The van der Waals surface area contributed by atoms with E-state index < -0.39 is 0 Å². The van der Waals surface area contributed by atoms with Gasteiger partial charge >= 0.3 is 0 Å². The van der Waals surface area contributed by atoms with Crippen molar-refractivity contribution in [2.24, 2.45) is 0 Å². The van der Waals surface area contributed by atoms with Crippen LogP contribution >= 0.6 is 0 Å². The van der Waals surface area contributed by atoms with Gasteiger partial charge in [0.25, 0.3) is 0 Å². The summed E-state index contributed by atoms with van der Waals surface area (Å²) in [7, 11) is 0. The number of hydrogen-bond donors (Lipinski definition) is 2. The number of aromatic nitrogens is 2. The Labute approximate surface area is 105 Å². The third-order valence-electron chi connectivity index (χ3n) is 3.48. The van der Waals surface area contributed by atoms with Gasteiger partial charge in [0.05, 0.1) is 11.0 Å². The van der Waals surface area contributed by atoms with E-state index in [9.17, 15) is 0 Å². The monoisotopic (exact) mass is 235 g/mol. The normalized spacial score (nSPS) is 13.6. The van der Waals surface area contributed by atoms with Gasteiger partial charge in [-0.05, 0) is 42.3 Å². The second-order valence-corrected chi connectivity index (χ2v) is 4.65. The number of imidazole rings is 1. The maximum Gasteiger partial charge on any atom is 0.138 e. The number of anilines is 1. The van der Waals surface area contributed by atoms with Crippen LogP contribution in [0.2, 0.25) is 0 Å². The predicted molar refractivity (Wildman–Crippen MR) is 73.7 cm³/mol. The maximum atomic E-state index is 4.63. The molecule has 0 unspecified atom stereocenters. The Kier molecular flexibility index (Phi) is 1.94. The van der Waals surface area contributed by atoms with Crippen LogP contribution in [-0.2, 0) is 6.42 Å². The van der Waals surface area contributed by atoms with Gasteiger partial charge in [0.2, 0.25) is 0 Å². The fraction of sp³-hybridized carbons (Fsp3) is 0.133. The maximum absolute atomic E-state index is 4.63. The van der Waals surface area contributed by atoms with Crippen LogP contribution in [0.25, 0.3) is 22.4 Å². The number of nitrogens with one attached hydrogen (secondary N) is 2. The number of hydrogen-bond acceptors (Lipinski definition) is 2. The van der Waals surface area contributed by atoms with Gasteiger partial charge < -0.3 is 10.3 Å². The van der Waals surface area contributed by atoms with Crippen LogP contribution in [0.5, 0.6) is 0 Å². The van der Waals surface area contributed by atoms with Crippen molar-refractivity contribution in [1.82, 2.24) is 9.97 Å². The summed E-state index contributed by atoms with van der Waals surface area (Å²) in [4.78, 5) is 8.00. The highest BCUT2D eigenvalue weighted by Crippen LogP contribution is 2.28. The average Bonchev–Trinajstić information content (AvgIpc) is 3.04. The minimum absolute atomic E-state index is 0.950. The lowest BCUT2D eigenvalue weighted by Crippen LogP contribution is -1.90. The molecular weight excluding hydrogens is 222 g/mol. The number of H-pyrrole nitrogens is 1. The fourth-order valence-corrected chi connectivity index (χ4v) is 2.54. The molecule has 3 aromatic rings. The molecule has 0 spiro atoms. The Hall–Kier alpha value is -2.29. The minimum atomic E-state index is 0.950. The van der Waals surface area contributed by atoms with Crippen molar-refractivity contribution in [3.8, 4) is 11.4 Å². The molecule has 0 saturated carbocycles. The summed E-state index contributed by atoms with van der Waals surface area (Å²) in [6, 6.07) is 14.6. The van der Waals surface area contributed by atoms with Crippen molar-refractivity contribution in [2.75, 3.05) is 11.9 Å². The van der Waals surface area contributed by atoms with Crippen LogP contribution in [0.3, 0.4) is 0 Å². The van der Waals surface area contributed by atoms with Gasteiger partial charge in [-0.25, -0.2) is 4.98 Å². The van der Waals surface area contributed by atoms with Crippen molar-refractivity contribution in [3.05, 3.63) is 48.0 Å². The molecule has 0 radical (unpaired) electrons. The summed E-state index contributed by atoms with van der Waals surface area (Å²) in [6.45, 7) is 1.04. The molecule has 2 aromatic carbocycles. The molecule has 0 bridgehead atoms. The highest BCUT2D eigenvalue weighted by atomic mass is 14.9. The van der Waals surface area contributed by atoms with E-state index in [1.807, 2.05) is 18.2 Å². The molecular formula is C15H13N3. The number of benzene rings is 2. The third-order valence-corrected chi connectivity index (χ3v) is 3.48. The first kappa shape index (κ1) is 9.71. The van der Waals surface area contributed by atoms with Gasteiger partial charge in [-0.1, -0.05) is 12.1 Å². The molecule has 1 aromatic heterocycles. The molecule has 2 heterocycles. The highest BCUT2D eigenvalue weighted by molar-refractivity contribution is 5.79. The molecule has 0 saturated heterocycles. The second kappa shape index (κ2) is 3.60. The zero-order valence-corrected chi connectivity index (χ0v) is 9.90. The van der Waals surface area contributed by atoms with E-state index in [1.54, 1.807) is 0 Å². The first-order valence-electron chi connectivity index (χ1n) is 6.22. The van der Waals surface area contributed by atoms with Crippen molar-refractivity contribution in [3.63, 3.8) is 0 Å². The largest absolute Gasteiger partial charge is 0.384 e. The van der Waals surface area contributed by atoms with Crippen LogP contribution in [0.1, 0.15) is 5.56 Å². The van der Waals surface area contributed by atoms with Gasteiger partial charge in [0.15, 0.2) is 0 Å². The third kappa shape index (κ3) is 1.40. The summed E-state index contributed by atoms with van der Waals surface area (Å²) >= 11 is 0. The van der Waals surface area contributed by atoms with Gasteiger partial charge in [-0.2, -0.15) is 0 Å². The van der Waals surface area contributed by atoms with Crippen molar-refractivity contribution >= 4 is 16.7 Å². The van der Waals surface area contributed by atoms with E-state index in [0.717, 1.165) is 35.4 Å². The second-order valence-electron chi connectivity index (χ2n) is 4.65. The predicted octanol–water partition coefficient (Wildman–Crippen LogP) is 3.20. The Morgan fingerprint density at radius 2 is 2.00 bits per heavy atom. The highest BCUT2D eigenvalue weighted by Gasteiger charge is 2.12. The number of fused-ring (bicyclic) bond motifs is 2. The van der Waals surface area contributed by atoms with E-state index >= 15 is 0 Å². The number of para-hydroxylation sites is 2. The molecule has 3 nitrogen and oxygen atoms in total. The molecule has 0 aliphatic carbocycles. The van der Waals surface area contributed by atoms with Crippen LogP contribution in [0.15, 0.2) is 42.5 Å². The Balaban J connectivity index is 1.86. The lowest BCUT2D eigenvalue weighted by molar-refractivity contribution is 1.11. The first-order chi connectivity index (χ1) is 8.90. The van der Waals surface area contributed by atoms with Crippen LogP contribution in [0, 0.1) is 0 Å². The van der Waals surface area contributed by atoms with E-state index in [-0.39, 0.29) is 0 Å². The van der Waals surface area contributed by atoms with E-state index in [0.29, 0.717) is 0 Å². The van der Waals surface area contributed by atoms with E-state index in [1.165, 1.54) is 11.3 Å². The Bertz CT molecular complexity index is 694. The summed E-state index contributed by atoms with van der Waals surface area (Å²) in [5.74, 6) is 0.950. The quantitative estimate of drug-likeness (QED) is 0.680. The van der Waals surface area contributed by atoms with Crippen LogP contribution in [-0.4, -0.2) is 16.5 Å². The molecule has 2 N–H and O–H groups in total. The van der Waals surface area contributed by atoms with Crippen molar-refractivity contribution in [2.45, 2.75) is 6.42 Å². The van der Waals surface area contributed by atoms with E-state index in [2.05, 4.69) is 39.6 Å². The minimum Gasteiger partial charge on any atom is -0.384 e. The van der Waals surface area contributed by atoms with Gasteiger partial charge in [0.1, 0.15) is 5.82 Å². The SMILES string of the molecule is c1ccc2[nH]c(-c3ccc4c(c3)CCN4)nc2c1. The lowest BCUT2D eigenvalue weighted by Gasteiger charge is -2.01. The molecule has 18 heavy (non-hydrogen) atoms. The fourth-order valence-electron chi connectivity index (χ4n) is 2.54. The molecule has 4 rings (SSSR count). The summed E-state index contributed by atoms with van der Waals surface area (Å²) < 4.78 is 0. The molecule has 1 aliphatic heterocycles. The topological polar surface area (TPSA) is 40.7 Å². The average molecular weight is 235 g/mol. The lowest BCUT2D eigenvalue weighted by atomic mass is 10.1. The van der Waals surface area contributed by atoms with E-state index in [4.69, 9.17) is 0 Å². The molecule has 0 fully saturated rings. The molecule has 1 aliphatic rings. The smallest absolute Gasteiger partial charge is 0.138 e. The summed E-state index contributed by atoms with van der Waals surface area (Å²) in [6.07, 6.45) is 1.10.